The van der Waals surface area contributed by atoms with E-state index in [0.29, 0.717) is 6.42 Å². The first kappa shape index (κ1) is 8.93. The predicted octanol–water partition coefficient (Wildman–Crippen LogP) is 1.06. The van der Waals surface area contributed by atoms with Gasteiger partial charge in [-0.05, 0) is 13.8 Å². The molecule has 1 aliphatic rings. The normalized spacial score (nSPS) is 44.7. The van der Waals surface area contributed by atoms with Crippen LogP contribution in [-0.2, 0) is 19.2 Å². The fourth-order valence-corrected chi connectivity index (χ4v) is 1.03. The molecule has 2 atom stereocenters. The zero-order chi connectivity index (χ0) is 8.54. The lowest BCUT2D eigenvalue weighted by Crippen LogP contribution is -2.30. The Labute approximate surface area is 66.3 Å². The summed E-state index contributed by atoms with van der Waals surface area (Å²) >= 11 is 0. The Kier molecular flexibility index (Phi) is 2.20. The van der Waals surface area contributed by atoms with Crippen LogP contribution >= 0.6 is 0 Å². The van der Waals surface area contributed by atoms with Crippen molar-refractivity contribution in [2.75, 3.05) is 14.2 Å². The minimum absolute atomic E-state index is 0.563. The lowest BCUT2D eigenvalue weighted by Gasteiger charge is -2.19. The van der Waals surface area contributed by atoms with E-state index in [0.717, 1.165) is 0 Å². The quantitative estimate of drug-likeness (QED) is 0.569. The van der Waals surface area contributed by atoms with E-state index in [4.69, 9.17) is 19.2 Å². The zero-order valence-electron chi connectivity index (χ0n) is 7.34. The number of hydrogen-bond acceptors (Lipinski definition) is 4. The standard InChI is InChI=1S/C7H14O4/c1-6(8-3)5-7(2,9-4)11-10-6/h5H2,1-4H3/t6-,7-/m0/s1. The summed E-state index contributed by atoms with van der Waals surface area (Å²) in [6.45, 7) is 3.61. The Balaban J connectivity index is 2.58. The molecule has 1 aliphatic heterocycles. The van der Waals surface area contributed by atoms with E-state index >= 15 is 0 Å². The van der Waals surface area contributed by atoms with Gasteiger partial charge >= 0.3 is 0 Å². The molecule has 66 valence electrons. The highest BCUT2D eigenvalue weighted by Crippen LogP contribution is 2.36. The smallest absolute Gasteiger partial charge is 0.203 e. The third kappa shape index (κ3) is 1.70. The van der Waals surface area contributed by atoms with Crippen LogP contribution in [0.1, 0.15) is 20.3 Å². The Bertz CT molecular complexity index is 133. The van der Waals surface area contributed by atoms with Gasteiger partial charge < -0.3 is 9.47 Å². The van der Waals surface area contributed by atoms with Crippen LogP contribution < -0.4 is 0 Å². The molecule has 0 aromatic carbocycles. The summed E-state index contributed by atoms with van der Waals surface area (Å²) in [4.78, 5) is 9.90. The Morgan fingerprint density at radius 2 is 1.36 bits per heavy atom. The van der Waals surface area contributed by atoms with E-state index in [-0.39, 0.29) is 0 Å². The molecule has 0 aromatic rings. The lowest BCUT2D eigenvalue weighted by molar-refractivity contribution is -0.421. The molecule has 0 saturated carbocycles. The van der Waals surface area contributed by atoms with Crippen LogP contribution in [0.2, 0.25) is 0 Å². The second-order valence-electron chi connectivity index (χ2n) is 3.02. The van der Waals surface area contributed by atoms with Gasteiger partial charge in [-0.2, -0.15) is 9.78 Å². The molecule has 0 unspecified atom stereocenters. The number of ether oxygens (including phenoxy) is 2. The molecule has 0 aliphatic carbocycles. The molecular formula is C7H14O4. The summed E-state index contributed by atoms with van der Waals surface area (Å²) in [6, 6.07) is 0. The second kappa shape index (κ2) is 2.71. The number of methoxy groups -OCH3 is 2. The molecule has 11 heavy (non-hydrogen) atoms. The molecule has 1 fully saturated rings. The van der Waals surface area contributed by atoms with Crippen molar-refractivity contribution in [2.24, 2.45) is 0 Å². The summed E-state index contributed by atoms with van der Waals surface area (Å²) < 4.78 is 10.1. The fraction of sp³-hybridized carbons (Fsp3) is 1.00. The van der Waals surface area contributed by atoms with Gasteiger partial charge in [-0.1, -0.05) is 0 Å². The second-order valence-corrected chi connectivity index (χ2v) is 3.02. The van der Waals surface area contributed by atoms with Gasteiger partial charge in [0.1, 0.15) is 0 Å². The van der Waals surface area contributed by atoms with Gasteiger partial charge in [0, 0.05) is 14.2 Å². The van der Waals surface area contributed by atoms with E-state index in [1.54, 1.807) is 28.1 Å². The Hall–Kier alpha value is -0.160. The van der Waals surface area contributed by atoms with Crippen molar-refractivity contribution in [1.29, 1.82) is 0 Å². The molecule has 0 N–H and O–H groups in total. The van der Waals surface area contributed by atoms with Crippen LogP contribution in [0.25, 0.3) is 0 Å². The summed E-state index contributed by atoms with van der Waals surface area (Å²) in [7, 11) is 3.15. The van der Waals surface area contributed by atoms with Crippen molar-refractivity contribution in [3.8, 4) is 0 Å². The number of rotatable bonds is 2. The third-order valence-electron chi connectivity index (χ3n) is 1.90. The van der Waals surface area contributed by atoms with Gasteiger partial charge in [-0.25, -0.2) is 0 Å². The molecule has 4 heteroatoms. The average Bonchev–Trinajstić information content (AvgIpc) is 2.30. The van der Waals surface area contributed by atoms with E-state index in [2.05, 4.69) is 0 Å². The molecule has 4 nitrogen and oxygen atoms in total. The fourth-order valence-electron chi connectivity index (χ4n) is 1.03. The highest BCUT2D eigenvalue weighted by molar-refractivity contribution is 4.76. The minimum atomic E-state index is -0.676. The topological polar surface area (TPSA) is 36.9 Å². The summed E-state index contributed by atoms with van der Waals surface area (Å²) in [5, 5.41) is 0. The monoisotopic (exact) mass is 162 g/mol. The zero-order valence-corrected chi connectivity index (χ0v) is 7.34. The van der Waals surface area contributed by atoms with Gasteiger partial charge in [-0.3, -0.25) is 0 Å². The first-order chi connectivity index (χ1) is 5.04. The maximum absolute atomic E-state index is 5.07. The first-order valence-electron chi connectivity index (χ1n) is 3.51. The summed E-state index contributed by atoms with van der Waals surface area (Å²) in [5.41, 5.74) is 0. The molecule has 1 saturated heterocycles. The number of hydrogen-bond donors (Lipinski definition) is 0. The van der Waals surface area contributed by atoms with Crippen molar-refractivity contribution in [2.45, 2.75) is 31.8 Å². The largest absolute Gasteiger partial charge is 0.351 e. The molecular weight excluding hydrogens is 148 g/mol. The van der Waals surface area contributed by atoms with Crippen LogP contribution in [0.15, 0.2) is 0 Å². The van der Waals surface area contributed by atoms with Crippen molar-refractivity contribution in [3.63, 3.8) is 0 Å². The van der Waals surface area contributed by atoms with Gasteiger partial charge in [0.05, 0.1) is 6.42 Å². The van der Waals surface area contributed by atoms with Crippen LogP contribution in [0.3, 0.4) is 0 Å². The summed E-state index contributed by atoms with van der Waals surface area (Å²) in [5.74, 6) is -1.35. The lowest BCUT2D eigenvalue weighted by atomic mass is 10.1. The molecule has 0 bridgehead atoms. The molecule has 1 rings (SSSR count). The molecule has 0 aromatic heterocycles. The molecule has 0 amide bonds. The maximum Gasteiger partial charge on any atom is 0.203 e. The van der Waals surface area contributed by atoms with Crippen molar-refractivity contribution < 1.29 is 19.2 Å². The Morgan fingerprint density at radius 1 is 1.00 bits per heavy atom. The average molecular weight is 162 g/mol. The van der Waals surface area contributed by atoms with Crippen molar-refractivity contribution >= 4 is 0 Å². The van der Waals surface area contributed by atoms with Crippen LogP contribution in [0.5, 0.6) is 0 Å². The van der Waals surface area contributed by atoms with E-state index < -0.39 is 11.6 Å². The van der Waals surface area contributed by atoms with Gasteiger partial charge in [0.15, 0.2) is 0 Å². The highest BCUT2D eigenvalue weighted by Gasteiger charge is 2.47. The predicted molar refractivity (Wildman–Crippen MR) is 37.6 cm³/mol. The molecule has 1 heterocycles. The maximum atomic E-state index is 5.07. The van der Waals surface area contributed by atoms with Crippen molar-refractivity contribution in [1.82, 2.24) is 0 Å². The van der Waals surface area contributed by atoms with Crippen LogP contribution in [0, 0.1) is 0 Å². The van der Waals surface area contributed by atoms with Crippen molar-refractivity contribution in [3.05, 3.63) is 0 Å². The third-order valence-corrected chi connectivity index (χ3v) is 1.90. The van der Waals surface area contributed by atoms with E-state index in [1.807, 2.05) is 0 Å². The van der Waals surface area contributed by atoms with Crippen LogP contribution in [-0.4, -0.2) is 25.8 Å². The van der Waals surface area contributed by atoms with Gasteiger partial charge in [0.25, 0.3) is 0 Å². The van der Waals surface area contributed by atoms with E-state index in [9.17, 15) is 0 Å². The van der Waals surface area contributed by atoms with Gasteiger partial charge in [-0.15, -0.1) is 0 Å². The van der Waals surface area contributed by atoms with E-state index in [1.165, 1.54) is 0 Å². The minimum Gasteiger partial charge on any atom is -0.351 e. The van der Waals surface area contributed by atoms with Gasteiger partial charge in [0.2, 0.25) is 11.6 Å². The van der Waals surface area contributed by atoms with Crippen LogP contribution in [0.4, 0.5) is 0 Å². The first-order valence-corrected chi connectivity index (χ1v) is 3.51. The SMILES string of the molecule is CO[C@]1(C)C[C@@](C)(OC)OO1. The molecule has 0 radical (unpaired) electrons. The summed E-state index contributed by atoms with van der Waals surface area (Å²) in [6.07, 6.45) is 0.563. The molecule has 0 spiro atoms. The highest BCUT2D eigenvalue weighted by atomic mass is 17.3. The Morgan fingerprint density at radius 3 is 1.55 bits per heavy atom.